The van der Waals surface area contributed by atoms with E-state index in [0.717, 1.165) is 25.6 Å². The lowest BCUT2D eigenvalue weighted by molar-refractivity contribution is 0.129. The topological polar surface area (TPSA) is 15.3 Å². The Kier molecular flexibility index (Phi) is 4.21. The first kappa shape index (κ1) is 13.2. The van der Waals surface area contributed by atoms with Gasteiger partial charge in [0.25, 0.3) is 0 Å². The average molecular weight is 277 g/mol. The quantitative estimate of drug-likeness (QED) is 0.909. The second kappa shape index (κ2) is 6.08. The fraction of sp³-hybridized carbons (Fsp3) is 0.500. The van der Waals surface area contributed by atoms with Crippen molar-refractivity contribution in [1.29, 1.82) is 0 Å². The van der Waals surface area contributed by atoms with Gasteiger partial charge in [0.2, 0.25) is 0 Å². The summed E-state index contributed by atoms with van der Waals surface area (Å²) in [7, 11) is 0. The molecule has 2 fully saturated rings. The second-order valence-corrected chi connectivity index (χ2v) is 5.84. The number of piperazine rings is 1. The van der Waals surface area contributed by atoms with Crippen molar-refractivity contribution < 1.29 is 0 Å². The number of halogens is 1. The highest BCUT2D eigenvalue weighted by Crippen LogP contribution is 2.37. The summed E-state index contributed by atoms with van der Waals surface area (Å²) in [5, 5.41) is 3.71. The van der Waals surface area contributed by atoms with Crippen molar-refractivity contribution in [2.45, 2.75) is 24.9 Å². The van der Waals surface area contributed by atoms with Crippen LogP contribution in [0, 0.1) is 5.92 Å². The number of hydrogen-bond acceptors (Lipinski definition) is 2. The van der Waals surface area contributed by atoms with E-state index in [1.54, 1.807) is 5.54 Å². The van der Waals surface area contributed by atoms with Crippen molar-refractivity contribution in [3.05, 3.63) is 47.5 Å². The summed E-state index contributed by atoms with van der Waals surface area (Å²) in [6.45, 7) is 3.14. The zero-order chi connectivity index (χ0) is 13.1. The fourth-order valence-corrected chi connectivity index (χ4v) is 3.15. The molecule has 1 saturated carbocycles. The van der Waals surface area contributed by atoms with Gasteiger partial charge in [-0.05, 0) is 24.3 Å². The average Bonchev–Trinajstić information content (AvgIpc) is 3.30. The second-order valence-electron chi connectivity index (χ2n) is 5.59. The third-order valence-electron chi connectivity index (χ3n) is 4.26. The predicted octanol–water partition coefficient (Wildman–Crippen LogP) is 3.16. The van der Waals surface area contributed by atoms with Gasteiger partial charge in [0.1, 0.15) is 0 Å². The molecule has 2 atom stereocenters. The SMILES string of the molecule is Cl/C=C/CN1CC(c2ccccc2)NCC1C1CC1. The normalized spacial score (nSPS) is 28.9. The van der Waals surface area contributed by atoms with Crippen LogP contribution in [0.3, 0.4) is 0 Å². The molecule has 0 bridgehead atoms. The van der Waals surface area contributed by atoms with Gasteiger partial charge >= 0.3 is 0 Å². The zero-order valence-electron chi connectivity index (χ0n) is 11.1. The Morgan fingerprint density at radius 2 is 2.05 bits per heavy atom. The van der Waals surface area contributed by atoms with Crippen LogP contribution < -0.4 is 5.32 Å². The number of nitrogens with zero attached hydrogens (tertiary/aromatic N) is 1. The molecule has 1 aliphatic carbocycles. The Labute approximate surface area is 120 Å². The Hall–Kier alpha value is -0.830. The van der Waals surface area contributed by atoms with Crippen molar-refractivity contribution in [3.63, 3.8) is 0 Å². The van der Waals surface area contributed by atoms with Crippen molar-refractivity contribution in [2.75, 3.05) is 19.6 Å². The lowest BCUT2D eigenvalue weighted by Crippen LogP contribution is -2.53. The van der Waals surface area contributed by atoms with Gasteiger partial charge in [0.15, 0.2) is 0 Å². The van der Waals surface area contributed by atoms with E-state index in [1.165, 1.54) is 18.4 Å². The molecule has 0 aromatic heterocycles. The minimum atomic E-state index is 0.444. The van der Waals surface area contributed by atoms with Gasteiger partial charge in [-0.15, -0.1) is 0 Å². The summed E-state index contributed by atoms with van der Waals surface area (Å²) >= 11 is 5.69. The predicted molar refractivity (Wildman–Crippen MR) is 80.3 cm³/mol. The molecular weight excluding hydrogens is 256 g/mol. The molecule has 102 valence electrons. The van der Waals surface area contributed by atoms with Crippen LogP contribution in [0.5, 0.6) is 0 Å². The van der Waals surface area contributed by atoms with Crippen LogP contribution in [0.2, 0.25) is 0 Å². The molecule has 1 saturated heterocycles. The molecule has 0 spiro atoms. The van der Waals surface area contributed by atoms with E-state index in [2.05, 4.69) is 46.6 Å². The van der Waals surface area contributed by atoms with Gasteiger partial charge in [-0.25, -0.2) is 0 Å². The molecule has 2 nitrogen and oxygen atoms in total. The lowest BCUT2D eigenvalue weighted by atomic mass is 9.99. The lowest BCUT2D eigenvalue weighted by Gasteiger charge is -2.40. The molecule has 0 amide bonds. The van der Waals surface area contributed by atoms with Crippen LogP contribution in [-0.4, -0.2) is 30.6 Å². The van der Waals surface area contributed by atoms with E-state index in [1.807, 2.05) is 0 Å². The Morgan fingerprint density at radius 1 is 1.26 bits per heavy atom. The van der Waals surface area contributed by atoms with Gasteiger partial charge in [0, 0.05) is 37.3 Å². The molecule has 0 radical (unpaired) electrons. The summed E-state index contributed by atoms with van der Waals surface area (Å²) in [4.78, 5) is 2.59. The van der Waals surface area contributed by atoms with Crippen LogP contribution in [0.4, 0.5) is 0 Å². The van der Waals surface area contributed by atoms with E-state index < -0.39 is 0 Å². The molecule has 1 N–H and O–H groups in total. The van der Waals surface area contributed by atoms with Gasteiger partial charge in [-0.1, -0.05) is 48.0 Å². The summed E-state index contributed by atoms with van der Waals surface area (Å²) in [5.74, 6) is 0.896. The minimum Gasteiger partial charge on any atom is -0.307 e. The molecule has 3 rings (SSSR count). The zero-order valence-corrected chi connectivity index (χ0v) is 11.9. The molecule has 2 unspecified atom stereocenters. The van der Waals surface area contributed by atoms with E-state index in [0.29, 0.717) is 12.1 Å². The van der Waals surface area contributed by atoms with E-state index in [4.69, 9.17) is 11.6 Å². The maximum atomic E-state index is 5.69. The first-order chi connectivity index (χ1) is 9.38. The van der Waals surface area contributed by atoms with Crippen molar-refractivity contribution >= 4 is 11.6 Å². The van der Waals surface area contributed by atoms with Crippen molar-refractivity contribution in [3.8, 4) is 0 Å². The Morgan fingerprint density at radius 3 is 2.74 bits per heavy atom. The first-order valence-electron chi connectivity index (χ1n) is 7.16. The smallest absolute Gasteiger partial charge is 0.0450 e. The van der Waals surface area contributed by atoms with Crippen molar-refractivity contribution in [2.24, 2.45) is 5.92 Å². The number of nitrogens with one attached hydrogen (secondary N) is 1. The molecular formula is C16H21ClN2. The summed E-state index contributed by atoms with van der Waals surface area (Å²) in [5.41, 5.74) is 3.03. The largest absolute Gasteiger partial charge is 0.307 e. The maximum absolute atomic E-state index is 5.69. The van der Waals surface area contributed by atoms with E-state index in [9.17, 15) is 0 Å². The summed E-state index contributed by atoms with van der Waals surface area (Å²) < 4.78 is 0. The van der Waals surface area contributed by atoms with E-state index in [-0.39, 0.29) is 0 Å². The standard InChI is InChI=1S/C16H21ClN2/c17-9-4-10-19-12-15(13-5-2-1-3-6-13)18-11-16(19)14-7-8-14/h1-6,9,14-16,18H,7-8,10-12H2/b9-4+. The van der Waals surface area contributed by atoms with Crippen LogP contribution in [0.25, 0.3) is 0 Å². The van der Waals surface area contributed by atoms with Crippen molar-refractivity contribution in [1.82, 2.24) is 10.2 Å². The summed E-state index contributed by atoms with van der Waals surface area (Å²) in [6, 6.07) is 11.9. The molecule has 2 aliphatic rings. The van der Waals surface area contributed by atoms with Gasteiger partial charge in [0.05, 0.1) is 0 Å². The van der Waals surface area contributed by atoms with Crippen LogP contribution in [0.15, 0.2) is 41.9 Å². The molecule has 1 aromatic carbocycles. The third kappa shape index (κ3) is 3.19. The highest BCUT2D eigenvalue weighted by Gasteiger charge is 2.38. The third-order valence-corrected chi connectivity index (χ3v) is 4.43. The Balaban J connectivity index is 1.70. The van der Waals surface area contributed by atoms with Gasteiger partial charge < -0.3 is 5.32 Å². The molecule has 19 heavy (non-hydrogen) atoms. The first-order valence-corrected chi connectivity index (χ1v) is 7.59. The van der Waals surface area contributed by atoms with Gasteiger partial charge in [-0.2, -0.15) is 0 Å². The summed E-state index contributed by atoms with van der Waals surface area (Å²) in [6.07, 6.45) is 4.84. The molecule has 1 aromatic rings. The van der Waals surface area contributed by atoms with E-state index >= 15 is 0 Å². The highest BCUT2D eigenvalue weighted by molar-refractivity contribution is 6.25. The molecule has 1 aliphatic heterocycles. The molecule has 1 heterocycles. The fourth-order valence-electron chi connectivity index (χ4n) is 3.07. The van der Waals surface area contributed by atoms with Gasteiger partial charge in [-0.3, -0.25) is 4.90 Å². The minimum absolute atomic E-state index is 0.444. The Bertz CT molecular complexity index is 428. The maximum Gasteiger partial charge on any atom is 0.0450 e. The van der Waals surface area contributed by atoms with Crippen LogP contribution in [-0.2, 0) is 0 Å². The van der Waals surface area contributed by atoms with Crippen LogP contribution >= 0.6 is 11.6 Å². The highest BCUT2D eigenvalue weighted by atomic mass is 35.5. The number of hydrogen-bond donors (Lipinski definition) is 1. The number of benzene rings is 1. The van der Waals surface area contributed by atoms with Crippen LogP contribution in [0.1, 0.15) is 24.4 Å². The number of rotatable bonds is 4. The monoisotopic (exact) mass is 276 g/mol. The molecule has 3 heteroatoms.